The van der Waals surface area contributed by atoms with Crippen molar-refractivity contribution in [1.82, 2.24) is 5.32 Å². The maximum atomic E-state index is 13.2. The third-order valence-corrected chi connectivity index (χ3v) is 4.61. The first-order valence-electron chi connectivity index (χ1n) is 5.90. The number of hydrogen-bond acceptors (Lipinski definition) is 3. The minimum absolute atomic E-state index is 0.255. The highest BCUT2D eigenvalue weighted by molar-refractivity contribution is 8.13. The molecule has 0 radical (unpaired) electrons. The smallest absolute Gasteiger partial charge is 0.262 e. The monoisotopic (exact) mass is 305 g/mol. The third kappa shape index (κ3) is 3.45. The number of carbonyl (C=O) groups excluding carboxylic acids is 1. The van der Waals surface area contributed by atoms with Gasteiger partial charge in [-0.05, 0) is 37.0 Å². The molecule has 1 N–H and O–H groups in total. The summed E-state index contributed by atoms with van der Waals surface area (Å²) in [5.74, 6) is -0.878. The molecule has 0 bridgehead atoms. The Morgan fingerprint density at radius 2 is 2.11 bits per heavy atom. The van der Waals surface area contributed by atoms with Crippen LogP contribution >= 0.6 is 10.7 Å². The predicted octanol–water partition coefficient (Wildman–Crippen LogP) is 2.28. The molecule has 0 heterocycles. The van der Waals surface area contributed by atoms with E-state index in [-0.39, 0.29) is 10.5 Å². The summed E-state index contributed by atoms with van der Waals surface area (Å²) in [6, 6.07) is 2.83. The van der Waals surface area contributed by atoms with Crippen LogP contribution in [0.15, 0.2) is 23.1 Å². The topological polar surface area (TPSA) is 63.2 Å². The van der Waals surface area contributed by atoms with Crippen molar-refractivity contribution in [3.8, 4) is 0 Å². The van der Waals surface area contributed by atoms with Crippen LogP contribution in [-0.2, 0) is 9.05 Å². The van der Waals surface area contributed by atoms with Crippen molar-refractivity contribution in [2.75, 3.05) is 6.54 Å². The second kappa shape index (κ2) is 5.46. The molecule has 1 saturated carbocycles. The number of rotatable bonds is 4. The first-order valence-corrected chi connectivity index (χ1v) is 8.21. The van der Waals surface area contributed by atoms with Crippen molar-refractivity contribution >= 4 is 25.6 Å². The molecule has 1 aliphatic carbocycles. The van der Waals surface area contributed by atoms with Gasteiger partial charge in [0.25, 0.3) is 15.0 Å². The molecule has 1 aliphatic rings. The van der Waals surface area contributed by atoms with Gasteiger partial charge in [-0.25, -0.2) is 12.8 Å². The van der Waals surface area contributed by atoms with E-state index in [1.807, 2.05) is 0 Å². The van der Waals surface area contributed by atoms with E-state index in [1.165, 1.54) is 0 Å². The van der Waals surface area contributed by atoms with Crippen LogP contribution < -0.4 is 5.32 Å². The number of carbonyl (C=O) groups is 1. The van der Waals surface area contributed by atoms with E-state index in [2.05, 4.69) is 5.32 Å². The van der Waals surface area contributed by atoms with Crippen LogP contribution in [0, 0.1) is 11.7 Å². The predicted molar refractivity (Wildman–Crippen MR) is 69.1 cm³/mol. The molecular weight excluding hydrogens is 293 g/mol. The first-order chi connectivity index (χ1) is 8.88. The quantitative estimate of drug-likeness (QED) is 0.868. The van der Waals surface area contributed by atoms with E-state index in [9.17, 15) is 17.6 Å². The molecule has 4 nitrogen and oxygen atoms in total. The summed E-state index contributed by atoms with van der Waals surface area (Å²) in [4.78, 5) is 11.5. The van der Waals surface area contributed by atoms with Crippen molar-refractivity contribution < 1.29 is 17.6 Å². The molecule has 0 aliphatic heterocycles. The zero-order valence-corrected chi connectivity index (χ0v) is 11.6. The second-order valence-electron chi connectivity index (χ2n) is 4.59. The molecule has 1 aromatic rings. The summed E-state index contributed by atoms with van der Waals surface area (Å²) in [5, 5.41) is 2.61. The summed E-state index contributed by atoms with van der Waals surface area (Å²) in [6.07, 6.45) is 3.23. The molecule has 0 unspecified atom stereocenters. The average molecular weight is 306 g/mol. The highest BCUT2D eigenvalue weighted by Gasteiger charge is 2.23. The molecule has 104 valence electrons. The summed E-state index contributed by atoms with van der Waals surface area (Å²) in [7, 11) is 1.15. The lowest BCUT2D eigenvalue weighted by Crippen LogP contribution is -2.32. The maximum absolute atomic E-state index is 13.2. The Hall–Kier alpha value is -1.14. The molecule has 2 rings (SSSR count). The number of benzene rings is 1. The summed E-state index contributed by atoms with van der Waals surface area (Å²) in [5.41, 5.74) is -0.255. The summed E-state index contributed by atoms with van der Waals surface area (Å²) >= 11 is 0. The molecule has 1 amide bonds. The fourth-order valence-corrected chi connectivity index (χ4v) is 2.97. The minimum Gasteiger partial charge on any atom is -0.352 e. The number of nitrogens with one attached hydrogen (secondary N) is 1. The maximum Gasteiger partial charge on any atom is 0.262 e. The molecule has 0 atom stereocenters. The Balaban J connectivity index is 2.21. The van der Waals surface area contributed by atoms with E-state index in [0.29, 0.717) is 12.5 Å². The highest BCUT2D eigenvalue weighted by atomic mass is 35.7. The Morgan fingerprint density at radius 1 is 1.42 bits per heavy atom. The normalized spacial score (nSPS) is 15.9. The van der Waals surface area contributed by atoms with Gasteiger partial charge < -0.3 is 5.32 Å². The lowest BCUT2D eigenvalue weighted by atomic mass is 9.85. The lowest BCUT2D eigenvalue weighted by Gasteiger charge is -2.25. The summed E-state index contributed by atoms with van der Waals surface area (Å²) in [6.45, 7) is 0.469. The van der Waals surface area contributed by atoms with Crippen molar-refractivity contribution in [2.24, 2.45) is 5.92 Å². The van der Waals surface area contributed by atoms with Gasteiger partial charge in [-0.15, -0.1) is 0 Å². The van der Waals surface area contributed by atoms with E-state index in [4.69, 9.17) is 10.7 Å². The Kier molecular flexibility index (Phi) is 4.10. The minimum atomic E-state index is -4.08. The second-order valence-corrected chi connectivity index (χ2v) is 7.12. The van der Waals surface area contributed by atoms with Gasteiger partial charge in [-0.2, -0.15) is 0 Å². The third-order valence-electron chi connectivity index (χ3n) is 3.22. The lowest BCUT2D eigenvalue weighted by molar-refractivity contribution is 0.0935. The van der Waals surface area contributed by atoms with Crippen molar-refractivity contribution in [1.29, 1.82) is 0 Å². The SMILES string of the molecule is O=C(NCC1CCC1)c1cc(F)ccc1S(=O)(=O)Cl. The average Bonchev–Trinajstić information content (AvgIpc) is 2.24. The van der Waals surface area contributed by atoms with Gasteiger partial charge in [0, 0.05) is 17.2 Å². The van der Waals surface area contributed by atoms with Gasteiger partial charge in [0.2, 0.25) is 0 Å². The van der Waals surface area contributed by atoms with Gasteiger partial charge in [-0.1, -0.05) is 6.42 Å². The van der Waals surface area contributed by atoms with E-state index in [1.54, 1.807) is 0 Å². The molecule has 7 heteroatoms. The fraction of sp³-hybridized carbons (Fsp3) is 0.417. The number of halogens is 2. The highest BCUT2D eigenvalue weighted by Crippen LogP contribution is 2.26. The van der Waals surface area contributed by atoms with Gasteiger partial charge in [0.15, 0.2) is 0 Å². The zero-order chi connectivity index (χ0) is 14.0. The van der Waals surface area contributed by atoms with Crippen molar-refractivity contribution in [2.45, 2.75) is 24.2 Å². The first kappa shape index (κ1) is 14.3. The van der Waals surface area contributed by atoms with Crippen LogP contribution in [0.1, 0.15) is 29.6 Å². The van der Waals surface area contributed by atoms with Crippen LogP contribution in [0.4, 0.5) is 4.39 Å². The van der Waals surface area contributed by atoms with Gasteiger partial charge in [-0.3, -0.25) is 4.79 Å². The van der Waals surface area contributed by atoms with Gasteiger partial charge in [0.1, 0.15) is 5.82 Å². The molecular formula is C12H13ClFNO3S. The summed E-state index contributed by atoms with van der Waals surface area (Å²) < 4.78 is 35.8. The Morgan fingerprint density at radius 3 is 2.63 bits per heavy atom. The standard InChI is InChI=1S/C12H13ClFNO3S/c13-19(17,18)11-5-4-9(14)6-10(11)12(16)15-7-8-2-1-3-8/h4-6,8H,1-3,7H2,(H,15,16). The zero-order valence-electron chi connectivity index (χ0n) is 10.0. The van der Waals surface area contributed by atoms with Gasteiger partial charge >= 0.3 is 0 Å². The van der Waals surface area contributed by atoms with Crippen LogP contribution in [-0.4, -0.2) is 20.9 Å². The van der Waals surface area contributed by atoms with Gasteiger partial charge in [0.05, 0.1) is 10.5 Å². The molecule has 0 aromatic heterocycles. The Bertz CT molecular complexity index is 599. The molecule has 1 aromatic carbocycles. The molecule has 0 saturated heterocycles. The molecule has 1 fully saturated rings. The molecule has 0 spiro atoms. The van der Waals surface area contributed by atoms with E-state index < -0.39 is 20.8 Å². The number of hydrogen-bond donors (Lipinski definition) is 1. The largest absolute Gasteiger partial charge is 0.352 e. The van der Waals surface area contributed by atoms with E-state index >= 15 is 0 Å². The van der Waals surface area contributed by atoms with Crippen LogP contribution in [0.25, 0.3) is 0 Å². The Labute approximate surface area is 115 Å². The number of amides is 1. The van der Waals surface area contributed by atoms with E-state index in [0.717, 1.165) is 37.5 Å². The fourth-order valence-electron chi connectivity index (χ4n) is 1.92. The van der Waals surface area contributed by atoms with Crippen LogP contribution in [0.2, 0.25) is 0 Å². The van der Waals surface area contributed by atoms with Crippen molar-refractivity contribution in [3.05, 3.63) is 29.6 Å². The van der Waals surface area contributed by atoms with Crippen molar-refractivity contribution in [3.63, 3.8) is 0 Å². The molecule has 19 heavy (non-hydrogen) atoms. The van der Waals surface area contributed by atoms with Crippen LogP contribution in [0.3, 0.4) is 0 Å². The van der Waals surface area contributed by atoms with Crippen LogP contribution in [0.5, 0.6) is 0 Å².